The highest BCUT2D eigenvalue weighted by molar-refractivity contribution is 5.98. The third kappa shape index (κ3) is 6.32. The number of rotatable bonds is 10. The van der Waals surface area contributed by atoms with E-state index in [2.05, 4.69) is 10.8 Å². The number of pyridine rings is 1. The first-order chi connectivity index (χ1) is 16.7. The zero-order chi connectivity index (χ0) is 25.5. The average Bonchev–Trinajstić information content (AvgIpc) is 3.23. The summed E-state index contributed by atoms with van der Waals surface area (Å²) < 4.78 is 20.2. The minimum absolute atomic E-state index is 0.0274. The molecule has 35 heavy (non-hydrogen) atoms. The van der Waals surface area contributed by atoms with Crippen molar-refractivity contribution in [3.8, 4) is 17.2 Å². The lowest BCUT2D eigenvalue weighted by molar-refractivity contribution is -0.143. The zero-order valence-electron chi connectivity index (χ0n) is 20.1. The van der Waals surface area contributed by atoms with Crippen LogP contribution in [0.1, 0.15) is 50.3 Å². The van der Waals surface area contributed by atoms with E-state index in [0.29, 0.717) is 13.0 Å². The Morgan fingerprint density at radius 3 is 2.60 bits per heavy atom. The van der Waals surface area contributed by atoms with E-state index in [1.807, 2.05) is 30.7 Å². The lowest BCUT2D eigenvalue weighted by atomic mass is 9.91. The maximum Gasteiger partial charge on any atom is 0.308 e. The number of fused-ring (bicyclic) bond motifs is 1. The van der Waals surface area contributed by atoms with Gasteiger partial charge in [-0.05, 0) is 29.7 Å². The number of benzene rings is 1. The van der Waals surface area contributed by atoms with Gasteiger partial charge in [-0.1, -0.05) is 38.1 Å². The molecule has 0 spiro atoms. The molecule has 2 N–H and O–H groups in total. The second kappa shape index (κ2) is 11.7. The monoisotopic (exact) mass is 479 g/mol. The molecule has 3 rings (SSSR count). The van der Waals surface area contributed by atoms with Crippen LogP contribution in [0.25, 0.3) is 28.2 Å². The fraction of sp³-hybridized carbons (Fsp3) is 0.370. The first-order valence-corrected chi connectivity index (χ1v) is 11.5. The Kier molecular flexibility index (Phi) is 8.74. The molecule has 0 aliphatic carbocycles. The van der Waals surface area contributed by atoms with E-state index in [0.717, 1.165) is 33.4 Å². The van der Waals surface area contributed by atoms with Gasteiger partial charge in [0.05, 0.1) is 43.9 Å². The molecule has 3 aromatic rings. The van der Waals surface area contributed by atoms with E-state index >= 15 is 0 Å². The second-order valence-corrected chi connectivity index (χ2v) is 8.70. The third-order valence-corrected chi connectivity index (χ3v) is 5.75. The van der Waals surface area contributed by atoms with Crippen molar-refractivity contribution in [3.05, 3.63) is 59.7 Å². The molecule has 0 fully saturated rings. The number of ether oxygens (including phenoxy) is 1. The molecule has 184 valence electrons. The Morgan fingerprint density at radius 2 is 1.97 bits per heavy atom. The Hall–Kier alpha value is -3.54. The van der Waals surface area contributed by atoms with E-state index in [9.17, 15) is 19.4 Å². The minimum Gasteiger partial charge on any atom is -0.469 e. The summed E-state index contributed by atoms with van der Waals surface area (Å²) in [7, 11) is 1.24. The van der Waals surface area contributed by atoms with Crippen molar-refractivity contribution in [3.63, 3.8) is 0 Å². The van der Waals surface area contributed by atoms with Crippen molar-refractivity contribution in [1.29, 1.82) is 5.26 Å². The molecule has 0 saturated carbocycles. The molecular formula is C27H30FN3O4. The second-order valence-electron chi connectivity index (χ2n) is 8.70. The number of nitriles is 1. The number of carbonyl (C=O) groups is 1. The van der Waals surface area contributed by atoms with Crippen LogP contribution in [0, 0.1) is 17.1 Å². The fourth-order valence-corrected chi connectivity index (χ4v) is 4.04. The number of aromatic nitrogens is 2. The quantitative estimate of drug-likeness (QED) is 0.413. The van der Waals surface area contributed by atoms with Crippen LogP contribution in [0.15, 0.2) is 42.6 Å². The molecular weight excluding hydrogens is 449 g/mol. The maximum atomic E-state index is 13.7. The average molecular weight is 480 g/mol. The summed E-state index contributed by atoms with van der Waals surface area (Å²) in [5.41, 5.74) is 3.92. The van der Waals surface area contributed by atoms with E-state index < -0.39 is 18.2 Å². The molecule has 0 saturated heterocycles. The Morgan fingerprint density at radius 1 is 1.26 bits per heavy atom. The molecule has 7 nitrogen and oxygen atoms in total. The number of aryl methyl sites for hydroxylation is 1. The highest BCUT2D eigenvalue weighted by Crippen LogP contribution is 2.37. The van der Waals surface area contributed by atoms with Gasteiger partial charge >= 0.3 is 5.97 Å². The summed E-state index contributed by atoms with van der Waals surface area (Å²) in [6.45, 7) is 4.53. The number of halogens is 1. The molecule has 0 aliphatic heterocycles. The topological polar surface area (TPSA) is 108 Å². The van der Waals surface area contributed by atoms with Gasteiger partial charge < -0.3 is 19.5 Å². The first-order valence-electron chi connectivity index (χ1n) is 11.5. The van der Waals surface area contributed by atoms with Crippen molar-refractivity contribution in [2.24, 2.45) is 0 Å². The molecule has 2 atom stereocenters. The number of nitrogens with zero attached hydrogens (tertiary/aromatic N) is 3. The van der Waals surface area contributed by atoms with Crippen LogP contribution in [0.2, 0.25) is 0 Å². The van der Waals surface area contributed by atoms with Gasteiger partial charge in [-0.25, -0.2) is 9.37 Å². The lowest BCUT2D eigenvalue weighted by Gasteiger charge is -2.18. The van der Waals surface area contributed by atoms with Gasteiger partial charge in [-0.2, -0.15) is 5.26 Å². The van der Waals surface area contributed by atoms with E-state index in [-0.39, 0.29) is 24.6 Å². The first kappa shape index (κ1) is 26.1. The van der Waals surface area contributed by atoms with E-state index in [1.165, 1.54) is 19.2 Å². The van der Waals surface area contributed by atoms with Crippen LogP contribution < -0.4 is 0 Å². The number of hydrogen-bond acceptors (Lipinski definition) is 6. The summed E-state index contributed by atoms with van der Waals surface area (Å²) in [6, 6.07) is 10.3. The number of aliphatic hydroxyl groups excluding tert-OH is 2. The van der Waals surface area contributed by atoms with E-state index in [1.54, 1.807) is 24.3 Å². The molecule has 2 heterocycles. The molecule has 0 bridgehead atoms. The summed E-state index contributed by atoms with van der Waals surface area (Å²) in [5, 5.41) is 30.5. The van der Waals surface area contributed by atoms with Crippen LogP contribution in [-0.2, 0) is 16.1 Å². The van der Waals surface area contributed by atoms with Crippen molar-refractivity contribution >= 4 is 23.1 Å². The molecule has 2 unspecified atom stereocenters. The van der Waals surface area contributed by atoms with Gasteiger partial charge in [-0.15, -0.1) is 0 Å². The van der Waals surface area contributed by atoms with Gasteiger partial charge in [-0.3, -0.25) is 4.79 Å². The SMILES string of the molecule is COC(=O)CC(O)CC(O)C=Cc1c(C(C)C)nc2c(ccn2CCC#N)c1-c1ccc(F)cc1. The van der Waals surface area contributed by atoms with Gasteiger partial charge in [0.2, 0.25) is 0 Å². The minimum atomic E-state index is -1.04. The summed E-state index contributed by atoms with van der Waals surface area (Å²) in [4.78, 5) is 16.3. The van der Waals surface area contributed by atoms with Gasteiger partial charge in [0, 0.05) is 35.7 Å². The third-order valence-electron chi connectivity index (χ3n) is 5.75. The standard InChI is InChI=1S/C27H30FN3O4/c1-17(2)26-22(10-9-20(32)15-21(33)16-24(34)35-3)25(18-5-7-19(28)8-6-18)23-11-14-31(13-4-12-29)27(23)30-26/h5-11,14,17,20-21,32-33H,4,13,15-16H2,1-3H3. The van der Waals surface area contributed by atoms with Crippen LogP contribution in [0.5, 0.6) is 0 Å². The summed E-state index contributed by atoms with van der Waals surface area (Å²) in [5.74, 6) is -0.869. The normalized spacial score (nSPS) is 13.3. The van der Waals surface area contributed by atoms with Crippen LogP contribution in [0.4, 0.5) is 4.39 Å². The van der Waals surface area contributed by atoms with Crippen molar-refractivity contribution < 1.29 is 24.1 Å². The van der Waals surface area contributed by atoms with Crippen molar-refractivity contribution in [1.82, 2.24) is 9.55 Å². The van der Waals surface area contributed by atoms with Crippen molar-refractivity contribution in [2.45, 2.75) is 57.8 Å². The van der Waals surface area contributed by atoms with Gasteiger partial charge in [0.15, 0.2) is 0 Å². The molecule has 0 amide bonds. The Balaban J connectivity index is 2.11. The number of hydrogen-bond donors (Lipinski definition) is 2. The number of aliphatic hydroxyl groups is 2. The number of methoxy groups -OCH3 is 1. The molecule has 8 heteroatoms. The Labute approximate surface area is 204 Å². The van der Waals surface area contributed by atoms with E-state index in [4.69, 9.17) is 10.2 Å². The molecule has 1 aromatic carbocycles. The largest absolute Gasteiger partial charge is 0.469 e. The van der Waals surface area contributed by atoms with Crippen LogP contribution in [0.3, 0.4) is 0 Å². The van der Waals surface area contributed by atoms with Crippen LogP contribution >= 0.6 is 0 Å². The highest BCUT2D eigenvalue weighted by Gasteiger charge is 2.20. The predicted octanol–water partition coefficient (Wildman–Crippen LogP) is 4.57. The van der Waals surface area contributed by atoms with Gasteiger partial charge in [0.25, 0.3) is 0 Å². The van der Waals surface area contributed by atoms with Gasteiger partial charge in [0.1, 0.15) is 11.5 Å². The lowest BCUT2D eigenvalue weighted by Crippen LogP contribution is -2.20. The number of esters is 1. The van der Waals surface area contributed by atoms with Crippen molar-refractivity contribution in [2.75, 3.05) is 7.11 Å². The predicted molar refractivity (Wildman–Crippen MR) is 132 cm³/mol. The summed E-state index contributed by atoms with van der Waals surface area (Å²) >= 11 is 0. The Bertz CT molecular complexity index is 1240. The molecule has 0 radical (unpaired) electrons. The number of carbonyl (C=O) groups excluding carboxylic acids is 1. The zero-order valence-corrected chi connectivity index (χ0v) is 20.1. The molecule has 2 aromatic heterocycles. The maximum absolute atomic E-state index is 13.7. The smallest absolute Gasteiger partial charge is 0.308 e. The fourth-order valence-electron chi connectivity index (χ4n) is 4.04. The van der Waals surface area contributed by atoms with Crippen LogP contribution in [-0.4, -0.2) is 45.1 Å². The molecule has 0 aliphatic rings. The summed E-state index contributed by atoms with van der Waals surface area (Å²) in [6.07, 6.45) is 3.27. The highest BCUT2D eigenvalue weighted by atomic mass is 19.1.